The van der Waals surface area contributed by atoms with Crippen molar-refractivity contribution in [3.05, 3.63) is 46.0 Å². The van der Waals surface area contributed by atoms with E-state index in [2.05, 4.69) is 51.6 Å². The normalized spacial score (nSPS) is 27.7. The molecule has 90 valence electrons. The molecule has 1 aromatic carbocycles. The molecule has 2 heteroatoms. The highest BCUT2D eigenvalue weighted by Crippen LogP contribution is 2.33. The zero-order valence-electron chi connectivity index (χ0n) is 9.95. The third-order valence-corrected chi connectivity index (χ3v) is 4.78. The van der Waals surface area contributed by atoms with Crippen LogP contribution in [0.4, 0.5) is 0 Å². The summed E-state index contributed by atoms with van der Waals surface area (Å²) in [6.45, 7) is 0. The molecule has 0 heterocycles. The second-order valence-corrected chi connectivity index (χ2v) is 5.94. The van der Waals surface area contributed by atoms with Crippen LogP contribution in [0.1, 0.15) is 42.9 Å². The van der Waals surface area contributed by atoms with E-state index in [0.29, 0.717) is 12.1 Å². The molecular formula is C15H18BrN. The largest absolute Gasteiger partial charge is 0.303 e. The molecule has 2 aliphatic rings. The third-order valence-electron chi connectivity index (χ3n) is 3.90. The number of nitrogens with one attached hydrogen (secondary N) is 1. The topological polar surface area (TPSA) is 12.0 Å². The second-order valence-electron chi connectivity index (χ2n) is 5.03. The molecule has 2 atom stereocenters. The number of aryl methyl sites for hydroxylation is 1. The number of halogens is 1. The predicted molar refractivity (Wildman–Crippen MR) is 75.3 cm³/mol. The van der Waals surface area contributed by atoms with Crippen molar-refractivity contribution in [2.45, 2.75) is 44.2 Å². The quantitative estimate of drug-likeness (QED) is 0.865. The first-order valence-corrected chi connectivity index (χ1v) is 7.33. The number of allylic oxidation sites excluding steroid dienone is 1. The van der Waals surface area contributed by atoms with Crippen molar-refractivity contribution in [1.82, 2.24) is 5.32 Å². The fraction of sp³-hybridized carbons (Fsp3) is 0.467. The molecular weight excluding hydrogens is 274 g/mol. The summed E-state index contributed by atoms with van der Waals surface area (Å²) >= 11 is 3.70. The maximum absolute atomic E-state index is 3.81. The van der Waals surface area contributed by atoms with Gasteiger partial charge in [-0.2, -0.15) is 0 Å². The molecule has 0 spiro atoms. The van der Waals surface area contributed by atoms with E-state index >= 15 is 0 Å². The molecule has 0 saturated heterocycles. The average Bonchev–Trinajstić information content (AvgIpc) is 2.76. The number of hydrogen-bond acceptors (Lipinski definition) is 1. The molecule has 0 unspecified atom stereocenters. The highest BCUT2D eigenvalue weighted by Gasteiger charge is 2.25. The molecule has 3 rings (SSSR count). The smallest absolute Gasteiger partial charge is 0.0388 e. The minimum atomic E-state index is 0.528. The van der Waals surface area contributed by atoms with Crippen LogP contribution in [-0.2, 0) is 6.42 Å². The molecule has 17 heavy (non-hydrogen) atoms. The molecule has 0 saturated carbocycles. The van der Waals surface area contributed by atoms with Gasteiger partial charge in [-0.05, 0) is 43.2 Å². The van der Waals surface area contributed by atoms with Crippen molar-refractivity contribution >= 4 is 15.9 Å². The fourth-order valence-electron chi connectivity index (χ4n) is 2.98. The van der Waals surface area contributed by atoms with E-state index < -0.39 is 0 Å². The van der Waals surface area contributed by atoms with Crippen LogP contribution in [0.3, 0.4) is 0 Å². The molecule has 0 fully saturated rings. The Morgan fingerprint density at radius 2 is 2.00 bits per heavy atom. The van der Waals surface area contributed by atoms with Crippen LogP contribution in [0.25, 0.3) is 0 Å². The highest BCUT2D eigenvalue weighted by atomic mass is 79.9. The minimum Gasteiger partial charge on any atom is -0.303 e. The van der Waals surface area contributed by atoms with Gasteiger partial charge in [0.25, 0.3) is 0 Å². The molecule has 0 aliphatic heterocycles. The second kappa shape index (κ2) is 4.95. The van der Waals surface area contributed by atoms with Gasteiger partial charge >= 0.3 is 0 Å². The Labute approximate surface area is 111 Å². The summed E-state index contributed by atoms with van der Waals surface area (Å²) in [6, 6.07) is 9.93. The lowest BCUT2D eigenvalue weighted by molar-refractivity contribution is 0.442. The van der Waals surface area contributed by atoms with E-state index in [1.807, 2.05) is 0 Å². The standard InChI is InChI=1S/C15H18BrN/c16-13-7-3-4-8-15(13)17-14-10-9-11-5-1-2-6-12(11)14/h1-2,5-7,14-15,17H,3-4,8-10H2/t14-,15+/m0/s1. The van der Waals surface area contributed by atoms with Crippen molar-refractivity contribution in [3.63, 3.8) is 0 Å². The molecule has 1 nitrogen and oxygen atoms in total. The van der Waals surface area contributed by atoms with Crippen LogP contribution in [-0.4, -0.2) is 6.04 Å². The first-order valence-electron chi connectivity index (χ1n) is 6.54. The Morgan fingerprint density at radius 1 is 1.12 bits per heavy atom. The number of benzene rings is 1. The van der Waals surface area contributed by atoms with Crippen LogP contribution in [0.15, 0.2) is 34.8 Å². The van der Waals surface area contributed by atoms with Crippen LogP contribution < -0.4 is 5.32 Å². The van der Waals surface area contributed by atoms with Gasteiger partial charge in [0.05, 0.1) is 0 Å². The summed E-state index contributed by atoms with van der Waals surface area (Å²) < 4.78 is 1.35. The van der Waals surface area contributed by atoms with Crippen LogP contribution in [0.5, 0.6) is 0 Å². The zero-order valence-corrected chi connectivity index (χ0v) is 11.5. The average molecular weight is 292 g/mol. The Morgan fingerprint density at radius 3 is 2.88 bits per heavy atom. The van der Waals surface area contributed by atoms with Crippen molar-refractivity contribution in [2.75, 3.05) is 0 Å². The fourth-order valence-corrected chi connectivity index (χ4v) is 3.57. The van der Waals surface area contributed by atoms with E-state index in [9.17, 15) is 0 Å². The Hall–Kier alpha value is -0.600. The SMILES string of the molecule is BrC1=CCCC[C@H]1N[C@H]1CCc2ccccc21. The lowest BCUT2D eigenvalue weighted by Gasteiger charge is -2.26. The Bertz CT molecular complexity index is 438. The van der Waals surface area contributed by atoms with Crippen molar-refractivity contribution < 1.29 is 0 Å². The summed E-state index contributed by atoms with van der Waals surface area (Å²) in [7, 11) is 0. The van der Waals surface area contributed by atoms with Gasteiger partial charge in [-0.15, -0.1) is 0 Å². The first-order chi connectivity index (χ1) is 8.34. The van der Waals surface area contributed by atoms with E-state index in [1.54, 1.807) is 0 Å². The molecule has 1 aromatic rings. The van der Waals surface area contributed by atoms with E-state index in [4.69, 9.17) is 0 Å². The lowest BCUT2D eigenvalue weighted by atomic mass is 10.0. The lowest BCUT2D eigenvalue weighted by Crippen LogP contribution is -2.33. The molecule has 1 N–H and O–H groups in total. The van der Waals surface area contributed by atoms with Gasteiger partial charge in [-0.1, -0.05) is 46.3 Å². The van der Waals surface area contributed by atoms with E-state index in [-0.39, 0.29) is 0 Å². The third kappa shape index (κ3) is 2.34. The molecule has 0 bridgehead atoms. The van der Waals surface area contributed by atoms with Crippen molar-refractivity contribution in [2.24, 2.45) is 0 Å². The van der Waals surface area contributed by atoms with Crippen LogP contribution in [0.2, 0.25) is 0 Å². The van der Waals surface area contributed by atoms with Gasteiger partial charge < -0.3 is 5.32 Å². The van der Waals surface area contributed by atoms with Crippen molar-refractivity contribution in [1.29, 1.82) is 0 Å². The Balaban J connectivity index is 1.75. The summed E-state index contributed by atoms with van der Waals surface area (Å²) in [5.41, 5.74) is 3.04. The van der Waals surface area contributed by atoms with Gasteiger partial charge in [0, 0.05) is 16.6 Å². The summed E-state index contributed by atoms with van der Waals surface area (Å²) in [5, 5.41) is 3.81. The number of fused-ring (bicyclic) bond motifs is 1. The molecule has 0 radical (unpaired) electrons. The molecule has 0 amide bonds. The summed E-state index contributed by atoms with van der Waals surface area (Å²) in [4.78, 5) is 0. The van der Waals surface area contributed by atoms with Gasteiger partial charge in [0.1, 0.15) is 0 Å². The summed E-state index contributed by atoms with van der Waals surface area (Å²) in [5.74, 6) is 0. The van der Waals surface area contributed by atoms with Crippen LogP contribution >= 0.6 is 15.9 Å². The van der Waals surface area contributed by atoms with E-state index in [0.717, 1.165) is 0 Å². The van der Waals surface area contributed by atoms with Crippen molar-refractivity contribution in [3.8, 4) is 0 Å². The monoisotopic (exact) mass is 291 g/mol. The van der Waals surface area contributed by atoms with E-state index in [1.165, 1.54) is 47.7 Å². The van der Waals surface area contributed by atoms with Gasteiger partial charge in [0.15, 0.2) is 0 Å². The predicted octanol–water partition coefficient (Wildman–Crippen LogP) is 4.09. The maximum Gasteiger partial charge on any atom is 0.0388 e. The number of hydrogen-bond donors (Lipinski definition) is 1. The van der Waals surface area contributed by atoms with Crippen LogP contribution in [0, 0.1) is 0 Å². The van der Waals surface area contributed by atoms with Gasteiger partial charge in [0.2, 0.25) is 0 Å². The highest BCUT2D eigenvalue weighted by molar-refractivity contribution is 9.11. The minimum absolute atomic E-state index is 0.528. The molecule has 0 aromatic heterocycles. The van der Waals surface area contributed by atoms with Gasteiger partial charge in [-0.3, -0.25) is 0 Å². The zero-order chi connectivity index (χ0) is 11.7. The van der Waals surface area contributed by atoms with Gasteiger partial charge in [-0.25, -0.2) is 0 Å². The maximum atomic E-state index is 3.81. The summed E-state index contributed by atoms with van der Waals surface area (Å²) in [6.07, 6.45) is 8.58. The first kappa shape index (κ1) is 11.5. The Kier molecular flexibility index (Phi) is 3.34. The molecule has 2 aliphatic carbocycles. The number of rotatable bonds is 2.